The van der Waals surface area contributed by atoms with E-state index in [0.717, 1.165) is 31.6 Å². The largest absolute Gasteiger partial charge is 0.371 e. The zero-order chi connectivity index (χ0) is 14.3. The summed E-state index contributed by atoms with van der Waals surface area (Å²) < 4.78 is 13.5. The number of hydrogen-bond donors (Lipinski definition) is 2. The molecule has 0 spiro atoms. The molecule has 3 atom stereocenters. The fraction of sp³-hybridized carbons (Fsp3) is 0.533. The van der Waals surface area contributed by atoms with Crippen LogP contribution in [0.15, 0.2) is 18.2 Å². The highest BCUT2D eigenvalue weighted by atomic mass is 19.1. The van der Waals surface area contributed by atoms with Crippen LogP contribution in [0.4, 0.5) is 10.1 Å². The molecule has 1 amide bonds. The smallest absolute Gasteiger partial charge is 0.243 e. The second kappa shape index (κ2) is 4.74. The van der Waals surface area contributed by atoms with Crippen LogP contribution in [-0.2, 0) is 4.79 Å². The Bertz CT molecular complexity index is 528. The number of aryl methyl sites for hydroxylation is 1. The maximum atomic E-state index is 13.5. The number of fused-ring (bicyclic) bond motifs is 2. The van der Waals surface area contributed by atoms with Crippen molar-refractivity contribution in [1.29, 1.82) is 0 Å². The minimum absolute atomic E-state index is 0.206. The van der Waals surface area contributed by atoms with Crippen LogP contribution >= 0.6 is 0 Å². The number of rotatable bonds is 3. The number of piperidine rings is 1. The summed E-state index contributed by atoms with van der Waals surface area (Å²) in [6, 6.07) is 4.76. The van der Waals surface area contributed by atoms with Crippen LogP contribution in [-0.4, -0.2) is 36.0 Å². The number of halogens is 1. The van der Waals surface area contributed by atoms with E-state index in [-0.39, 0.29) is 17.6 Å². The third-order valence-corrected chi connectivity index (χ3v) is 4.64. The highest BCUT2D eigenvalue weighted by molar-refractivity contribution is 5.88. The fourth-order valence-electron chi connectivity index (χ4n) is 3.59. The van der Waals surface area contributed by atoms with Gasteiger partial charge < -0.3 is 16.0 Å². The maximum absolute atomic E-state index is 13.5. The molecule has 4 nitrogen and oxygen atoms in total. The van der Waals surface area contributed by atoms with E-state index in [9.17, 15) is 9.18 Å². The van der Waals surface area contributed by atoms with Gasteiger partial charge in [0.2, 0.25) is 5.91 Å². The molecule has 2 saturated heterocycles. The second-order valence-corrected chi connectivity index (χ2v) is 6.01. The fourth-order valence-corrected chi connectivity index (χ4v) is 3.59. The maximum Gasteiger partial charge on any atom is 0.243 e. The molecule has 3 N–H and O–H groups in total. The van der Waals surface area contributed by atoms with Crippen molar-refractivity contribution < 1.29 is 9.18 Å². The Kier molecular flexibility index (Phi) is 3.17. The van der Waals surface area contributed by atoms with Gasteiger partial charge in [-0.1, -0.05) is 0 Å². The lowest BCUT2D eigenvalue weighted by Gasteiger charge is -2.41. The van der Waals surface area contributed by atoms with Crippen LogP contribution in [0.1, 0.15) is 18.4 Å². The first kappa shape index (κ1) is 13.4. The summed E-state index contributed by atoms with van der Waals surface area (Å²) in [6.45, 7) is 4.61. The molecule has 20 heavy (non-hydrogen) atoms. The average Bonchev–Trinajstić information content (AvgIpc) is 2.76. The van der Waals surface area contributed by atoms with Crippen molar-refractivity contribution >= 4 is 11.6 Å². The summed E-state index contributed by atoms with van der Waals surface area (Å²) in [4.78, 5) is 14.4. The molecule has 0 aliphatic carbocycles. The van der Waals surface area contributed by atoms with Gasteiger partial charge in [0.05, 0.1) is 0 Å². The Hall–Kier alpha value is -1.62. The molecular formula is C15H20FN3O. The third kappa shape index (κ3) is 2.16. The van der Waals surface area contributed by atoms with Gasteiger partial charge in [-0.3, -0.25) is 4.79 Å². The van der Waals surface area contributed by atoms with Gasteiger partial charge >= 0.3 is 0 Å². The highest BCUT2D eigenvalue weighted by Gasteiger charge is 2.50. The van der Waals surface area contributed by atoms with Crippen LogP contribution in [0.5, 0.6) is 0 Å². The van der Waals surface area contributed by atoms with Gasteiger partial charge in [0.15, 0.2) is 0 Å². The Balaban J connectivity index is 1.93. The van der Waals surface area contributed by atoms with E-state index < -0.39 is 5.54 Å². The van der Waals surface area contributed by atoms with Crippen molar-refractivity contribution in [3.8, 4) is 0 Å². The molecule has 108 valence electrons. The summed E-state index contributed by atoms with van der Waals surface area (Å²) in [5.74, 6) is -0.417. The molecule has 3 rings (SSSR count). The van der Waals surface area contributed by atoms with Crippen LogP contribution in [0.25, 0.3) is 0 Å². The molecule has 0 radical (unpaired) electrons. The van der Waals surface area contributed by atoms with Gasteiger partial charge in [-0.05, 0) is 50.1 Å². The van der Waals surface area contributed by atoms with E-state index >= 15 is 0 Å². The van der Waals surface area contributed by atoms with Crippen molar-refractivity contribution in [3.05, 3.63) is 29.6 Å². The summed E-state index contributed by atoms with van der Waals surface area (Å²) in [7, 11) is 0. The Morgan fingerprint density at radius 3 is 2.95 bits per heavy atom. The zero-order valence-corrected chi connectivity index (χ0v) is 11.7. The van der Waals surface area contributed by atoms with Gasteiger partial charge in [-0.15, -0.1) is 0 Å². The molecule has 3 unspecified atom stereocenters. The normalized spacial score (nSPS) is 32.1. The summed E-state index contributed by atoms with van der Waals surface area (Å²) >= 11 is 0. The number of benzene rings is 1. The lowest BCUT2D eigenvalue weighted by Crippen LogP contribution is -2.60. The molecule has 0 saturated carbocycles. The quantitative estimate of drug-likeness (QED) is 0.880. The number of nitrogens with two attached hydrogens (primary N) is 1. The minimum Gasteiger partial charge on any atom is -0.371 e. The van der Waals surface area contributed by atoms with Gasteiger partial charge in [0.25, 0.3) is 0 Å². The first-order valence-electron chi connectivity index (χ1n) is 7.07. The molecule has 1 aromatic carbocycles. The van der Waals surface area contributed by atoms with Gasteiger partial charge in [0.1, 0.15) is 11.4 Å². The average molecular weight is 277 g/mol. The molecule has 0 aromatic heterocycles. The monoisotopic (exact) mass is 277 g/mol. The standard InChI is InChI=1S/C15H20FN3O/c1-10-6-12(16)8-13(7-10)18-15(14(17)20)3-5-19-4-2-11(15)9-19/h6-8,11,18H,2-5,9H2,1H3,(H2,17,20). The van der Waals surface area contributed by atoms with E-state index in [1.54, 1.807) is 0 Å². The van der Waals surface area contributed by atoms with Crippen LogP contribution in [0.3, 0.4) is 0 Å². The summed E-state index contributed by atoms with van der Waals surface area (Å²) in [6.07, 6.45) is 1.65. The molecule has 2 heterocycles. The van der Waals surface area contributed by atoms with E-state index in [2.05, 4.69) is 10.2 Å². The lowest BCUT2D eigenvalue weighted by molar-refractivity contribution is -0.125. The Morgan fingerprint density at radius 1 is 1.45 bits per heavy atom. The highest BCUT2D eigenvalue weighted by Crippen LogP contribution is 2.38. The first-order valence-corrected chi connectivity index (χ1v) is 7.07. The zero-order valence-electron chi connectivity index (χ0n) is 11.7. The molecule has 2 bridgehead atoms. The summed E-state index contributed by atoms with van der Waals surface area (Å²) in [5.41, 5.74) is 6.42. The molecular weight excluding hydrogens is 257 g/mol. The number of nitrogens with one attached hydrogen (secondary N) is 1. The van der Waals surface area contributed by atoms with Crippen molar-refractivity contribution in [2.45, 2.75) is 25.3 Å². The Labute approximate surface area is 118 Å². The first-order chi connectivity index (χ1) is 9.49. The van der Waals surface area contributed by atoms with E-state index in [1.807, 2.05) is 13.0 Å². The number of carbonyl (C=O) groups excluding carboxylic acids is 1. The minimum atomic E-state index is -0.743. The van der Waals surface area contributed by atoms with E-state index in [0.29, 0.717) is 12.1 Å². The van der Waals surface area contributed by atoms with Gasteiger partial charge in [-0.2, -0.15) is 0 Å². The summed E-state index contributed by atoms with van der Waals surface area (Å²) in [5, 5.41) is 3.26. The van der Waals surface area contributed by atoms with Crippen molar-refractivity contribution in [3.63, 3.8) is 0 Å². The van der Waals surface area contributed by atoms with Crippen LogP contribution < -0.4 is 11.1 Å². The molecule has 5 heteroatoms. The number of carbonyl (C=O) groups is 1. The second-order valence-electron chi connectivity index (χ2n) is 6.01. The van der Waals surface area contributed by atoms with Gasteiger partial charge in [-0.25, -0.2) is 4.39 Å². The van der Waals surface area contributed by atoms with Crippen molar-refractivity contribution in [1.82, 2.24) is 4.90 Å². The number of amides is 1. The predicted octanol–water partition coefficient (Wildman–Crippen LogP) is 1.50. The topological polar surface area (TPSA) is 58.4 Å². The van der Waals surface area contributed by atoms with Crippen molar-refractivity contribution in [2.75, 3.05) is 25.0 Å². The van der Waals surface area contributed by atoms with E-state index in [1.165, 1.54) is 12.1 Å². The van der Waals surface area contributed by atoms with Crippen LogP contribution in [0, 0.1) is 18.7 Å². The molecule has 2 fully saturated rings. The number of nitrogens with zero attached hydrogens (tertiary/aromatic N) is 1. The third-order valence-electron chi connectivity index (χ3n) is 4.64. The predicted molar refractivity (Wildman–Crippen MR) is 75.8 cm³/mol. The molecule has 2 aliphatic rings. The number of primary amides is 1. The molecule has 1 aromatic rings. The number of anilines is 1. The van der Waals surface area contributed by atoms with E-state index in [4.69, 9.17) is 5.73 Å². The van der Waals surface area contributed by atoms with Crippen LogP contribution in [0.2, 0.25) is 0 Å². The number of hydrogen-bond acceptors (Lipinski definition) is 3. The van der Waals surface area contributed by atoms with Crippen molar-refractivity contribution in [2.24, 2.45) is 11.7 Å². The lowest BCUT2D eigenvalue weighted by atomic mass is 9.78. The van der Waals surface area contributed by atoms with Gasteiger partial charge in [0, 0.05) is 24.7 Å². The SMILES string of the molecule is Cc1cc(F)cc(NC2(C(N)=O)CCN3CCC2C3)c1. The molecule has 2 aliphatic heterocycles. The Morgan fingerprint density at radius 2 is 2.25 bits per heavy atom.